The second-order valence-corrected chi connectivity index (χ2v) is 19.5. The second-order valence-electron chi connectivity index (χ2n) is 19.5. The number of nitrogens with one attached hydrogen (secondary N) is 1. The lowest BCUT2D eigenvalue weighted by molar-refractivity contribution is -0.124. The Bertz CT molecular complexity index is 920. The number of carbonyl (C=O) groups excluding carboxylic acids is 1. The molecule has 0 radical (unpaired) electrons. The molecule has 0 heterocycles. The van der Waals surface area contributed by atoms with E-state index in [-0.39, 0.29) is 12.5 Å². The van der Waals surface area contributed by atoms with Gasteiger partial charge in [-0.2, -0.15) is 0 Å². The van der Waals surface area contributed by atoms with Crippen LogP contribution < -0.4 is 5.32 Å². The molecule has 3 atom stereocenters. The maximum absolute atomic E-state index is 12.5. The Labute approximate surface area is 388 Å². The van der Waals surface area contributed by atoms with Crippen molar-refractivity contribution in [2.75, 3.05) is 6.61 Å². The SMILES string of the molecule is CCCCCCCCCCCCCCC/C=C/CC/C=C/CCCC(O)C(O)C(CO)NC(=O)CCCCCCCCCCCCCCCCCCCCCCCCCCCC. The number of hydrogen-bond acceptors (Lipinski definition) is 4. The fourth-order valence-corrected chi connectivity index (χ4v) is 8.95. The molecule has 0 aliphatic rings. The molecular weight excluding hydrogens is 763 g/mol. The van der Waals surface area contributed by atoms with Crippen LogP contribution in [0.15, 0.2) is 24.3 Å². The first-order chi connectivity index (χ1) is 30.6. The number of allylic oxidation sites excluding steroid dienone is 4. The molecule has 0 spiro atoms. The van der Waals surface area contributed by atoms with Crippen LogP contribution in [0, 0.1) is 0 Å². The van der Waals surface area contributed by atoms with Gasteiger partial charge in [0.05, 0.1) is 18.8 Å². The van der Waals surface area contributed by atoms with E-state index < -0.39 is 18.2 Å². The molecule has 0 fully saturated rings. The predicted molar refractivity (Wildman–Crippen MR) is 273 cm³/mol. The molecule has 0 bridgehead atoms. The molecule has 0 aromatic carbocycles. The van der Waals surface area contributed by atoms with Gasteiger partial charge in [0.15, 0.2) is 0 Å². The van der Waals surface area contributed by atoms with E-state index in [1.807, 2.05) is 0 Å². The van der Waals surface area contributed by atoms with E-state index in [9.17, 15) is 20.1 Å². The van der Waals surface area contributed by atoms with Crippen LogP contribution in [0.2, 0.25) is 0 Å². The Hall–Kier alpha value is -1.17. The van der Waals surface area contributed by atoms with Crippen molar-refractivity contribution in [2.45, 2.75) is 327 Å². The van der Waals surface area contributed by atoms with Crippen molar-refractivity contribution < 1.29 is 20.1 Å². The van der Waals surface area contributed by atoms with Crippen LogP contribution in [-0.4, -0.2) is 46.1 Å². The minimum absolute atomic E-state index is 0.152. The molecule has 5 heteroatoms. The summed E-state index contributed by atoms with van der Waals surface area (Å²) in [5, 5.41) is 33.7. The van der Waals surface area contributed by atoms with Gasteiger partial charge in [-0.1, -0.05) is 276 Å². The number of aliphatic hydroxyl groups excluding tert-OH is 3. The molecule has 0 aliphatic heterocycles. The van der Waals surface area contributed by atoms with Gasteiger partial charge in [0.1, 0.15) is 6.10 Å². The van der Waals surface area contributed by atoms with E-state index in [0.29, 0.717) is 12.8 Å². The Balaban J connectivity index is 3.56. The van der Waals surface area contributed by atoms with Gasteiger partial charge in [0, 0.05) is 6.42 Å². The minimum Gasteiger partial charge on any atom is -0.394 e. The molecule has 0 rings (SSSR count). The molecular formula is C57H111NO4. The maximum Gasteiger partial charge on any atom is 0.220 e. The number of amides is 1. The van der Waals surface area contributed by atoms with Gasteiger partial charge in [-0.25, -0.2) is 0 Å². The molecule has 5 nitrogen and oxygen atoms in total. The lowest BCUT2D eigenvalue weighted by Gasteiger charge is -2.26. The smallest absolute Gasteiger partial charge is 0.220 e. The van der Waals surface area contributed by atoms with Gasteiger partial charge in [-0.05, 0) is 51.4 Å². The summed E-state index contributed by atoms with van der Waals surface area (Å²) >= 11 is 0. The summed E-state index contributed by atoms with van der Waals surface area (Å²) in [6, 6.07) is -0.830. The molecule has 3 unspecified atom stereocenters. The van der Waals surface area contributed by atoms with Gasteiger partial charge in [-0.3, -0.25) is 4.79 Å². The van der Waals surface area contributed by atoms with Crippen LogP contribution in [0.5, 0.6) is 0 Å². The van der Waals surface area contributed by atoms with Crippen LogP contribution in [0.3, 0.4) is 0 Å². The quantitative estimate of drug-likeness (QED) is 0.0362. The van der Waals surface area contributed by atoms with E-state index >= 15 is 0 Å². The highest BCUT2D eigenvalue weighted by Gasteiger charge is 2.26. The van der Waals surface area contributed by atoms with Gasteiger partial charge < -0.3 is 20.6 Å². The third-order valence-corrected chi connectivity index (χ3v) is 13.3. The van der Waals surface area contributed by atoms with E-state index in [2.05, 4.69) is 43.5 Å². The summed E-state index contributed by atoms with van der Waals surface area (Å²) in [4.78, 5) is 12.5. The number of carbonyl (C=O) groups is 1. The Morgan fingerprint density at radius 1 is 0.387 bits per heavy atom. The van der Waals surface area contributed by atoms with E-state index in [0.717, 1.165) is 44.9 Å². The summed E-state index contributed by atoms with van der Waals surface area (Å²) < 4.78 is 0. The van der Waals surface area contributed by atoms with Gasteiger partial charge in [-0.15, -0.1) is 0 Å². The Morgan fingerprint density at radius 3 is 0.984 bits per heavy atom. The van der Waals surface area contributed by atoms with Crippen molar-refractivity contribution in [3.05, 3.63) is 24.3 Å². The van der Waals surface area contributed by atoms with Gasteiger partial charge in [0.2, 0.25) is 5.91 Å². The highest BCUT2D eigenvalue weighted by molar-refractivity contribution is 5.76. The lowest BCUT2D eigenvalue weighted by Crippen LogP contribution is -2.50. The van der Waals surface area contributed by atoms with Crippen molar-refractivity contribution in [1.82, 2.24) is 5.32 Å². The standard InChI is InChI=1S/C57H111NO4/c1-3-5-7-9-11-13-15-17-19-21-23-25-27-28-29-30-32-34-36-38-40-42-44-46-48-50-52-56(61)58-54(53-59)57(62)55(60)51-49-47-45-43-41-39-37-35-33-31-26-24-22-20-18-16-14-12-10-8-6-4-2/h35,37,43,45,54-55,57,59-60,62H,3-34,36,38-42,44,46-53H2,1-2H3,(H,58,61)/b37-35+,45-43+. The van der Waals surface area contributed by atoms with Crippen molar-refractivity contribution in [1.29, 1.82) is 0 Å². The minimum atomic E-state index is -1.16. The van der Waals surface area contributed by atoms with Crippen LogP contribution in [0.25, 0.3) is 0 Å². The fourth-order valence-electron chi connectivity index (χ4n) is 8.95. The number of rotatable bonds is 52. The fraction of sp³-hybridized carbons (Fsp3) is 0.912. The van der Waals surface area contributed by atoms with Gasteiger partial charge in [0.25, 0.3) is 0 Å². The van der Waals surface area contributed by atoms with Gasteiger partial charge >= 0.3 is 0 Å². The Morgan fingerprint density at radius 2 is 0.661 bits per heavy atom. The maximum atomic E-state index is 12.5. The zero-order valence-electron chi connectivity index (χ0n) is 42.0. The molecule has 0 saturated heterocycles. The monoisotopic (exact) mass is 874 g/mol. The number of aliphatic hydroxyl groups is 3. The molecule has 368 valence electrons. The normalized spacial score (nSPS) is 13.4. The van der Waals surface area contributed by atoms with Crippen LogP contribution in [0.4, 0.5) is 0 Å². The van der Waals surface area contributed by atoms with Crippen LogP contribution >= 0.6 is 0 Å². The van der Waals surface area contributed by atoms with E-state index in [1.54, 1.807) is 0 Å². The van der Waals surface area contributed by atoms with Crippen molar-refractivity contribution in [3.8, 4) is 0 Å². The van der Waals surface area contributed by atoms with E-state index in [1.165, 1.54) is 238 Å². The predicted octanol–water partition coefficient (Wildman–Crippen LogP) is 17.3. The number of unbranched alkanes of at least 4 members (excludes halogenated alkanes) is 40. The molecule has 0 aromatic rings. The lowest BCUT2D eigenvalue weighted by atomic mass is 10.0. The zero-order chi connectivity index (χ0) is 45.1. The topological polar surface area (TPSA) is 89.8 Å². The summed E-state index contributed by atoms with van der Waals surface area (Å²) in [7, 11) is 0. The average molecular weight is 875 g/mol. The second kappa shape index (κ2) is 52.5. The summed E-state index contributed by atoms with van der Waals surface area (Å²) in [6.45, 7) is 4.20. The highest BCUT2D eigenvalue weighted by atomic mass is 16.3. The molecule has 0 aliphatic carbocycles. The summed E-state index contributed by atoms with van der Waals surface area (Å²) in [5.74, 6) is -0.152. The van der Waals surface area contributed by atoms with Crippen molar-refractivity contribution >= 4 is 5.91 Å². The molecule has 1 amide bonds. The van der Waals surface area contributed by atoms with E-state index in [4.69, 9.17) is 0 Å². The molecule has 0 aromatic heterocycles. The third kappa shape index (κ3) is 46.8. The first kappa shape index (κ1) is 60.8. The first-order valence-corrected chi connectivity index (χ1v) is 28.1. The zero-order valence-corrected chi connectivity index (χ0v) is 42.0. The molecule has 4 N–H and O–H groups in total. The van der Waals surface area contributed by atoms with Crippen LogP contribution in [0.1, 0.15) is 309 Å². The van der Waals surface area contributed by atoms with Crippen molar-refractivity contribution in [2.24, 2.45) is 0 Å². The first-order valence-electron chi connectivity index (χ1n) is 28.1. The highest BCUT2D eigenvalue weighted by Crippen LogP contribution is 2.18. The van der Waals surface area contributed by atoms with Crippen LogP contribution in [-0.2, 0) is 4.79 Å². The third-order valence-electron chi connectivity index (χ3n) is 13.3. The largest absolute Gasteiger partial charge is 0.394 e. The number of hydrogen-bond donors (Lipinski definition) is 4. The van der Waals surface area contributed by atoms with Crippen molar-refractivity contribution in [3.63, 3.8) is 0 Å². The molecule has 62 heavy (non-hydrogen) atoms. The summed E-state index contributed by atoms with van der Waals surface area (Å²) in [5.41, 5.74) is 0. The molecule has 0 saturated carbocycles. The Kier molecular flexibility index (Phi) is 51.5. The summed E-state index contributed by atoms with van der Waals surface area (Å²) in [6.07, 6.45) is 66.2. The average Bonchev–Trinajstić information content (AvgIpc) is 3.28.